The van der Waals surface area contributed by atoms with Crippen molar-refractivity contribution in [2.24, 2.45) is 0 Å². The maximum absolute atomic E-state index is 6.16. The van der Waals surface area contributed by atoms with E-state index < -0.39 is 5.41 Å². The van der Waals surface area contributed by atoms with E-state index in [1.54, 1.807) is 0 Å². The lowest BCUT2D eigenvalue weighted by Crippen LogP contribution is -2.28. The first-order valence-corrected chi connectivity index (χ1v) is 19.1. The van der Waals surface area contributed by atoms with Gasteiger partial charge in [-0.1, -0.05) is 126 Å². The fourth-order valence-electron chi connectivity index (χ4n) is 6.14. The molecule has 0 atom stereocenters. The van der Waals surface area contributed by atoms with E-state index in [1.165, 1.54) is 71.9 Å². The summed E-state index contributed by atoms with van der Waals surface area (Å²) in [6.45, 7) is 1.49. The number of fused-ring (bicyclic) bond motifs is 3. The van der Waals surface area contributed by atoms with E-state index in [9.17, 15) is 0 Å². The largest absolute Gasteiger partial charge is 0.494 e. The molecule has 0 saturated carbocycles. The van der Waals surface area contributed by atoms with Crippen LogP contribution in [0.1, 0.15) is 73.6 Å². The lowest BCUT2D eigenvalue weighted by molar-refractivity contribution is 0.305. The van der Waals surface area contributed by atoms with Crippen molar-refractivity contribution in [2.45, 2.75) is 56.8 Å². The number of unbranched alkanes of at least 4 members (excludes halogenated alkanes) is 6. The van der Waals surface area contributed by atoms with Crippen LogP contribution in [0.4, 0.5) is 0 Å². The van der Waals surface area contributed by atoms with Crippen molar-refractivity contribution < 1.29 is 9.47 Å². The molecule has 1 aliphatic rings. The lowest BCUT2D eigenvalue weighted by Gasteiger charge is -2.34. The van der Waals surface area contributed by atoms with Gasteiger partial charge in [-0.05, 0) is 108 Å². The fourth-order valence-corrected chi connectivity index (χ4v) is 7.65. The van der Waals surface area contributed by atoms with Gasteiger partial charge in [0.05, 0.1) is 18.6 Å². The third kappa shape index (κ3) is 7.62. The predicted octanol–water partition coefficient (Wildman–Crippen LogP) is 12.2. The SMILES string of the molecule is BrCCCCCCOc1ccc(C2(c3ccc(OCCCCCCBr)cc3)c3cc(Br)ccc3-c3ccc(Br)cc32)cc1. The third-order valence-corrected chi connectivity index (χ3v) is 10.3. The predicted molar refractivity (Wildman–Crippen MR) is 195 cm³/mol. The Morgan fingerprint density at radius 2 is 0.860 bits per heavy atom. The van der Waals surface area contributed by atoms with Crippen LogP contribution in [0.3, 0.4) is 0 Å². The van der Waals surface area contributed by atoms with Crippen LogP contribution in [-0.2, 0) is 5.41 Å². The fraction of sp³-hybridized carbons (Fsp3) is 0.351. The van der Waals surface area contributed by atoms with Crippen LogP contribution in [0.15, 0.2) is 93.9 Å². The van der Waals surface area contributed by atoms with Gasteiger partial charge >= 0.3 is 0 Å². The smallest absolute Gasteiger partial charge is 0.119 e. The molecule has 4 aromatic carbocycles. The van der Waals surface area contributed by atoms with Crippen molar-refractivity contribution in [2.75, 3.05) is 23.9 Å². The van der Waals surface area contributed by atoms with E-state index in [0.29, 0.717) is 0 Å². The summed E-state index contributed by atoms with van der Waals surface area (Å²) < 4.78 is 14.5. The molecule has 0 saturated heterocycles. The van der Waals surface area contributed by atoms with Gasteiger partial charge in [0.25, 0.3) is 0 Å². The first kappa shape index (κ1) is 32.8. The average Bonchev–Trinajstić information content (AvgIpc) is 3.30. The standard InChI is InChI=1S/C37H38Br4O2/c38-21-5-1-3-7-23-42-31-15-9-27(10-16-31)37(28-11-17-32(18-12-28)43-24-8-4-2-6-22-39)35-25-29(40)13-19-33(35)34-20-14-30(41)26-36(34)37/h9-20,25-26H,1-8,21-24H2. The van der Waals surface area contributed by atoms with Gasteiger partial charge in [-0.2, -0.15) is 0 Å². The average molecular weight is 834 g/mol. The van der Waals surface area contributed by atoms with Crippen LogP contribution in [0.2, 0.25) is 0 Å². The molecule has 4 aromatic rings. The minimum atomic E-state index is -0.485. The van der Waals surface area contributed by atoms with E-state index in [1.807, 2.05) is 0 Å². The van der Waals surface area contributed by atoms with Gasteiger partial charge in [0, 0.05) is 19.6 Å². The molecule has 0 N–H and O–H groups in total. The Morgan fingerprint density at radius 1 is 0.465 bits per heavy atom. The molecule has 5 rings (SSSR count). The second-order valence-corrected chi connectivity index (χ2v) is 14.5. The molecule has 0 aliphatic heterocycles. The van der Waals surface area contributed by atoms with E-state index in [4.69, 9.17) is 9.47 Å². The summed E-state index contributed by atoms with van der Waals surface area (Å²) in [5, 5.41) is 2.15. The zero-order valence-electron chi connectivity index (χ0n) is 24.4. The number of halogens is 4. The van der Waals surface area contributed by atoms with Crippen LogP contribution in [0, 0.1) is 0 Å². The highest BCUT2D eigenvalue weighted by Crippen LogP contribution is 2.57. The molecule has 0 aromatic heterocycles. The molecule has 2 nitrogen and oxygen atoms in total. The zero-order chi connectivity index (χ0) is 30.1. The number of hydrogen-bond acceptors (Lipinski definition) is 2. The van der Waals surface area contributed by atoms with E-state index in [-0.39, 0.29) is 0 Å². The van der Waals surface area contributed by atoms with E-state index in [2.05, 4.69) is 149 Å². The highest BCUT2D eigenvalue weighted by Gasteiger charge is 2.46. The van der Waals surface area contributed by atoms with Crippen LogP contribution < -0.4 is 9.47 Å². The summed E-state index contributed by atoms with van der Waals surface area (Å²) in [5.41, 5.74) is 7.02. The van der Waals surface area contributed by atoms with Gasteiger partial charge < -0.3 is 9.47 Å². The van der Waals surface area contributed by atoms with E-state index in [0.717, 1.165) is 57.2 Å². The molecule has 0 unspecified atom stereocenters. The van der Waals surface area contributed by atoms with Gasteiger partial charge in [-0.3, -0.25) is 0 Å². The molecule has 0 amide bonds. The van der Waals surface area contributed by atoms with Gasteiger partial charge in [-0.15, -0.1) is 0 Å². The first-order valence-electron chi connectivity index (χ1n) is 15.3. The Morgan fingerprint density at radius 3 is 1.26 bits per heavy atom. The summed E-state index contributed by atoms with van der Waals surface area (Å²) in [6, 6.07) is 30.9. The van der Waals surface area contributed by atoms with Crippen molar-refractivity contribution >= 4 is 63.7 Å². The summed E-state index contributed by atoms with van der Waals surface area (Å²) in [5.74, 6) is 1.84. The summed E-state index contributed by atoms with van der Waals surface area (Å²) >= 11 is 14.6. The second-order valence-electron chi connectivity index (χ2n) is 11.1. The minimum absolute atomic E-state index is 0.485. The molecule has 0 fully saturated rings. The molecule has 43 heavy (non-hydrogen) atoms. The van der Waals surface area contributed by atoms with Gasteiger partial charge in [-0.25, -0.2) is 0 Å². The van der Waals surface area contributed by atoms with Crippen molar-refractivity contribution in [3.05, 3.63) is 116 Å². The number of ether oxygens (including phenoxy) is 2. The molecule has 1 aliphatic carbocycles. The molecule has 0 heterocycles. The number of rotatable bonds is 16. The summed E-state index contributed by atoms with van der Waals surface area (Å²) in [7, 11) is 0. The highest BCUT2D eigenvalue weighted by atomic mass is 79.9. The maximum Gasteiger partial charge on any atom is 0.119 e. The Balaban J connectivity index is 1.49. The minimum Gasteiger partial charge on any atom is -0.494 e. The quantitative estimate of drug-likeness (QED) is 0.0728. The van der Waals surface area contributed by atoms with Gasteiger partial charge in [0.15, 0.2) is 0 Å². The van der Waals surface area contributed by atoms with Crippen LogP contribution in [0.25, 0.3) is 11.1 Å². The molecule has 0 bridgehead atoms. The molecule has 6 heteroatoms. The Labute approximate surface area is 290 Å². The van der Waals surface area contributed by atoms with Crippen molar-refractivity contribution in [1.29, 1.82) is 0 Å². The molecule has 226 valence electrons. The van der Waals surface area contributed by atoms with Gasteiger partial charge in [0.1, 0.15) is 11.5 Å². The van der Waals surface area contributed by atoms with Crippen molar-refractivity contribution in [3.63, 3.8) is 0 Å². The number of alkyl halides is 2. The maximum atomic E-state index is 6.16. The highest BCUT2D eigenvalue weighted by molar-refractivity contribution is 9.11. The molecule has 0 radical (unpaired) electrons. The molecule has 0 spiro atoms. The zero-order valence-corrected chi connectivity index (χ0v) is 30.7. The number of benzene rings is 4. The van der Waals surface area contributed by atoms with Crippen LogP contribution >= 0.6 is 63.7 Å². The van der Waals surface area contributed by atoms with Crippen LogP contribution in [0.5, 0.6) is 11.5 Å². The monoisotopic (exact) mass is 830 g/mol. The summed E-state index contributed by atoms with van der Waals surface area (Å²) in [4.78, 5) is 0. The van der Waals surface area contributed by atoms with Crippen molar-refractivity contribution in [3.8, 4) is 22.6 Å². The lowest BCUT2D eigenvalue weighted by atomic mass is 9.67. The topological polar surface area (TPSA) is 18.5 Å². The van der Waals surface area contributed by atoms with Gasteiger partial charge in [0.2, 0.25) is 0 Å². The Bertz CT molecular complexity index is 1350. The normalized spacial score (nSPS) is 13.0. The Hall–Kier alpha value is -1.60. The van der Waals surface area contributed by atoms with Crippen molar-refractivity contribution in [1.82, 2.24) is 0 Å². The third-order valence-electron chi connectivity index (χ3n) is 8.23. The molecular formula is C37H38Br4O2. The van der Waals surface area contributed by atoms with Crippen LogP contribution in [-0.4, -0.2) is 23.9 Å². The Kier molecular flexibility index (Phi) is 12.3. The number of hydrogen-bond donors (Lipinski definition) is 0. The van der Waals surface area contributed by atoms with E-state index >= 15 is 0 Å². The second kappa shape index (κ2) is 16.1. The summed E-state index contributed by atoms with van der Waals surface area (Å²) in [6.07, 6.45) is 9.46. The molecular weight excluding hydrogens is 796 g/mol. The first-order chi connectivity index (χ1) is 21.1.